The van der Waals surface area contributed by atoms with Crippen LogP contribution in [-0.4, -0.2) is 10.8 Å². The maximum absolute atomic E-state index is 13.0. The fraction of sp³-hybridized carbons (Fsp3) is 0.0714. The highest BCUT2D eigenvalue weighted by atomic mass is 35.5. The van der Waals surface area contributed by atoms with E-state index >= 15 is 0 Å². The smallest absolute Gasteiger partial charge is 0.295 e. The largest absolute Gasteiger partial charge is 0.316 e. The number of rotatable bonds is 4. The number of amides is 1. The lowest BCUT2D eigenvalue weighted by Crippen LogP contribution is -2.13. The standard InChI is InChI=1S/C14H10ClFN2O3/c15-8-9-2-1-3-10(6-9)14(19)17-12-5-4-11(16)7-13(12)18(20)21/h1-7H,8H2,(H,17,19). The van der Waals surface area contributed by atoms with Crippen LogP contribution in [0.1, 0.15) is 15.9 Å². The van der Waals surface area contributed by atoms with Crippen LogP contribution in [0.2, 0.25) is 0 Å². The predicted molar refractivity (Wildman–Crippen MR) is 77.0 cm³/mol. The maximum atomic E-state index is 13.0. The van der Waals surface area contributed by atoms with Crippen LogP contribution < -0.4 is 5.32 Å². The summed E-state index contributed by atoms with van der Waals surface area (Å²) in [4.78, 5) is 22.2. The number of benzene rings is 2. The van der Waals surface area contributed by atoms with Crippen LogP contribution in [0.5, 0.6) is 0 Å². The zero-order chi connectivity index (χ0) is 15.4. The number of nitrogens with one attached hydrogen (secondary N) is 1. The van der Waals surface area contributed by atoms with Gasteiger partial charge in [0, 0.05) is 11.4 Å². The van der Waals surface area contributed by atoms with Gasteiger partial charge in [0.2, 0.25) is 0 Å². The first-order valence-corrected chi connectivity index (χ1v) is 6.45. The molecule has 0 spiro atoms. The van der Waals surface area contributed by atoms with Crippen LogP contribution in [0.15, 0.2) is 42.5 Å². The number of nitro benzene ring substituents is 1. The Hall–Kier alpha value is -2.47. The van der Waals surface area contributed by atoms with E-state index in [0.717, 1.165) is 23.8 Å². The number of carbonyl (C=O) groups excluding carboxylic acids is 1. The third-order valence-electron chi connectivity index (χ3n) is 2.75. The molecule has 0 atom stereocenters. The number of halogens is 2. The molecular weight excluding hydrogens is 299 g/mol. The molecule has 0 saturated heterocycles. The SMILES string of the molecule is O=C(Nc1ccc(F)cc1[N+](=O)[O-])c1cccc(CCl)c1. The summed E-state index contributed by atoms with van der Waals surface area (Å²) >= 11 is 5.69. The van der Waals surface area contributed by atoms with Crippen molar-refractivity contribution in [3.05, 3.63) is 69.5 Å². The van der Waals surface area contributed by atoms with Gasteiger partial charge in [-0.25, -0.2) is 4.39 Å². The summed E-state index contributed by atoms with van der Waals surface area (Å²) in [7, 11) is 0. The van der Waals surface area contributed by atoms with E-state index in [9.17, 15) is 19.3 Å². The normalized spacial score (nSPS) is 10.2. The Morgan fingerprint density at radius 1 is 1.29 bits per heavy atom. The molecule has 0 fully saturated rings. The summed E-state index contributed by atoms with van der Waals surface area (Å²) in [5, 5.41) is 13.3. The van der Waals surface area contributed by atoms with Gasteiger partial charge in [-0.05, 0) is 29.8 Å². The minimum absolute atomic E-state index is 0.0670. The summed E-state index contributed by atoms with van der Waals surface area (Å²) < 4.78 is 13.0. The first-order chi connectivity index (χ1) is 10.0. The molecule has 2 aromatic rings. The van der Waals surface area contributed by atoms with Crippen molar-refractivity contribution in [3.63, 3.8) is 0 Å². The van der Waals surface area contributed by atoms with Gasteiger partial charge in [-0.1, -0.05) is 12.1 Å². The van der Waals surface area contributed by atoms with Crippen LogP contribution in [-0.2, 0) is 5.88 Å². The maximum Gasteiger partial charge on any atom is 0.295 e. The molecule has 0 radical (unpaired) electrons. The molecule has 2 rings (SSSR count). The van der Waals surface area contributed by atoms with E-state index in [4.69, 9.17) is 11.6 Å². The number of hydrogen-bond acceptors (Lipinski definition) is 3. The van der Waals surface area contributed by atoms with Crippen molar-refractivity contribution in [2.24, 2.45) is 0 Å². The van der Waals surface area contributed by atoms with E-state index in [1.807, 2.05) is 0 Å². The molecule has 108 valence electrons. The minimum atomic E-state index is -0.756. The molecule has 5 nitrogen and oxygen atoms in total. The molecule has 0 aliphatic heterocycles. The molecule has 7 heteroatoms. The molecule has 0 aliphatic rings. The Balaban J connectivity index is 2.29. The third kappa shape index (κ3) is 3.55. The topological polar surface area (TPSA) is 72.2 Å². The second kappa shape index (κ2) is 6.32. The van der Waals surface area contributed by atoms with E-state index in [0.29, 0.717) is 5.56 Å². The molecule has 0 heterocycles. The highest BCUT2D eigenvalue weighted by Crippen LogP contribution is 2.25. The van der Waals surface area contributed by atoms with E-state index in [1.54, 1.807) is 24.3 Å². The Bertz CT molecular complexity index is 706. The van der Waals surface area contributed by atoms with E-state index in [-0.39, 0.29) is 11.6 Å². The van der Waals surface area contributed by atoms with Gasteiger partial charge in [-0.15, -0.1) is 11.6 Å². The van der Waals surface area contributed by atoms with Crippen molar-refractivity contribution in [1.82, 2.24) is 0 Å². The number of hydrogen-bond donors (Lipinski definition) is 1. The lowest BCUT2D eigenvalue weighted by atomic mass is 10.1. The molecule has 0 unspecified atom stereocenters. The lowest BCUT2D eigenvalue weighted by molar-refractivity contribution is -0.384. The molecule has 0 bridgehead atoms. The van der Waals surface area contributed by atoms with Gasteiger partial charge in [0.1, 0.15) is 11.5 Å². The molecule has 0 saturated carbocycles. The quantitative estimate of drug-likeness (QED) is 0.531. The van der Waals surface area contributed by atoms with Crippen molar-refractivity contribution in [1.29, 1.82) is 0 Å². The highest BCUT2D eigenvalue weighted by molar-refractivity contribution is 6.17. The fourth-order valence-electron chi connectivity index (χ4n) is 1.75. The number of alkyl halides is 1. The van der Waals surface area contributed by atoms with Gasteiger partial charge >= 0.3 is 0 Å². The number of nitro groups is 1. The molecule has 2 aromatic carbocycles. The molecule has 1 amide bonds. The van der Waals surface area contributed by atoms with Crippen molar-refractivity contribution in [3.8, 4) is 0 Å². The van der Waals surface area contributed by atoms with E-state index in [2.05, 4.69) is 5.32 Å². The molecule has 21 heavy (non-hydrogen) atoms. The Labute approximate surface area is 124 Å². The Kier molecular flexibility index (Phi) is 4.49. The van der Waals surface area contributed by atoms with Crippen LogP contribution in [0.3, 0.4) is 0 Å². The molecule has 0 aromatic heterocycles. The fourth-order valence-corrected chi connectivity index (χ4v) is 1.92. The van der Waals surface area contributed by atoms with Crippen molar-refractivity contribution in [2.45, 2.75) is 5.88 Å². The van der Waals surface area contributed by atoms with Gasteiger partial charge in [-0.2, -0.15) is 0 Å². The lowest BCUT2D eigenvalue weighted by Gasteiger charge is -2.07. The summed E-state index contributed by atoms with van der Waals surface area (Å²) in [5.41, 5.74) is 0.490. The molecule has 0 aliphatic carbocycles. The predicted octanol–water partition coefficient (Wildman–Crippen LogP) is 3.73. The summed E-state index contributed by atoms with van der Waals surface area (Å²) in [6, 6.07) is 9.49. The number of carbonyl (C=O) groups is 1. The number of anilines is 1. The Morgan fingerprint density at radius 3 is 2.71 bits per heavy atom. The minimum Gasteiger partial charge on any atom is -0.316 e. The van der Waals surface area contributed by atoms with Crippen LogP contribution in [0.25, 0.3) is 0 Å². The van der Waals surface area contributed by atoms with Gasteiger partial charge in [0.05, 0.1) is 11.0 Å². The van der Waals surface area contributed by atoms with E-state index < -0.39 is 22.3 Å². The van der Waals surface area contributed by atoms with Crippen molar-refractivity contribution in [2.75, 3.05) is 5.32 Å². The second-order valence-electron chi connectivity index (χ2n) is 4.21. The van der Waals surface area contributed by atoms with Gasteiger partial charge in [0.15, 0.2) is 0 Å². The van der Waals surface area contributed by atoms with Crippen LogP contribution in [0.4, 0.5) is 15.8 Å². The summed E-state index contributed by atoms with van der Waals surface area (Å²) in [5.74, 6) is -1.03. The summed E-state index contributed by atoms with van der Waals surface area (Å²) in [6.07, 6.45) is 0. The second-order valence-corrected chi connectivity index (χ2v) is 4.47. The van der Waals surface area contributed by atoms with Gasteiger partial charge in [-0.3, -0.25) is 14.9 Å². The zero-order valence-corrected chi connectivity index (χ0v) is 11.4. The van der Waals surface area contributed by atoms with Crippen molar-refractivity contribution < 1.29 is 14.1 Å². The number of nitrogens with zero attached hydrogens (tertiary/aromatic N) is 1. The molecular formula is C14H10ClFN2O3. The average molecular weight is 309 g/mol. The first-order valence-electron chi connectivity index (χ1n) is 5.91. The highest BCUT2D eigenvalue weighted by Gasteiger charge is 2.17. The van der Waals surface area contributed by atoms with Gasteiger partial charge < -0.3 is 5.32 Å². The van der Waals surface area contributed by atoms with Crippen LogP contribution >= 0.6 is 11.6 Å². The average Bonchev–Trinajstić information content (AvgIpc) is 2.48. The van der Waals surface area contributed by atoms with Crippen LogP contribution in [0, 0.1) is 15.9 Å². The monoisotopic (exact) mass is 308 g/mol. The summed E-state index contributed by atoms with van der Waals surface area (Å²) in [6.45, 7) is 0. The first kappa shape index (κ1) is 14.9. The van der Waals surface area contributed by atoms with Crippen molar-refractivity contribution >= 4 is 28.9 Å². The Morgan fingerprint density at radius 2 is 2.05 bits per heavy atom. The molecule has 1 N–H and O–H groups in total. The third-order valence-corrected chi connectivity index (χ3v) is 3.06. The van der Waals surface area contributed by atoms with E-state index in [1.165, 1.54) is 0 Å². The van der Waals surface area contributed by atoms with Gasteiger partial charge in [0.25, 0.3) is 11.6 Å². The zero-order valence-electron chi connectivity index (χ0n) is 10.7.